The zero-order chi connectivity index (χ0) is 12.0. The summed E-state index contributed by atoms with van der Waals surface area (Å²) in [6.07, 6.45) is 3.73. The van der Waals surface area contributed by atoms with Gasteiger partial charge in [-0.25, -0.2) is 4.79 Å². The Hall–Kier alpha value is -2.15. The molecule has 0 aliphatic heterocycles. The van der Waals surface area contributed by atoms with Crippen LogP contribution in [0.25, 0.3) is 6.08 Å². The molecule has 1 rings (SSSR count). The monoisotopic (exact) mass is 224 g/mol. The Balaban J connectivity index is 2.73. The standard InChI is InChI=1S/C9H12N4O3/c10-3-4-11-7(14)2-1-6-5-12-9(16)13-8(6)15/h1-2,5H,3-4,10H2,(H,11,14)(H2,12,13,15,16). The van der Waals surface area contributed by atoms with Crippen LogP contribution in [0.15, 0.2) is 21.9 Å². The van der Waals surface area contributed by atoms with Crippen LogP contribution in [0.2, 0.25) is 0 Å². The summed E-state index contributed by atoms with van der Waals surface area (Å²) in [5, 5.41) is 2.50. The molecule has 86 valence electrons. The van der Waals surface area contributed by atoms with Crippen molar-refractivity contribution in [3.63, 3.8) is 0 Å². The molecule has 0 atom stereocenters. The van der Waals surface area contributed by atoms with Gasteiger partial charge in [-0.05, 0) is 6.08 Å². The van der Waals surface area contributed by atoms with Crippen molar-refractivity contribution >= 4 is 12.0 Å². The van der Waals surface area contributed by atoms with E-state index in [0.717, 1.165) is 0 Å². The summed E-state index contributed by atoms with van der Waals surface area (Å²) in [5.41, 5.74) is 4.25. The lowest BCUT2D eigenvalue weighted by molar-refractivity contribution is -0.116. The third kappa shape index (κ3) is 3.54. The van der Waals surface area contributed by atoms with E-state index in [-0.39, 0.29) is 11.5 Å². The summed E-state index contributed by atoms with van der Waals surface area (Å²) in [6.45, 7) is 0.712. The molecule has 1 heterocycles. The first-order chi connectivity index (χ1) is 7.63. The number of carbonyl (C=O) groups excluding carboxylic acids is 1. The minimum Gasteiger partial charge on any atom is -0.351 e. The highest BCUT2D eigenvalue weighted by atomic mass is 16.2. The maximum Gasteiger partial charge on any atom is 0.325 e. The number of carbonyl (C=O) groups is 1. The third-order valence-electron chi connectivity index (χ3n) is 1.71. The molecule has 0 bridgehead atoms. The second kappa shape index (κ2) is 5.66. The topological polar surface area (TPSA) is 121 Å². The molecule has 0 aliphatic rings. The summed E-state index contributed by atoms with van der Waals surface area (Å²) in [4.78, 5) is 37.3. The molecule has 0 unspecified atom stereocenters. The van der Waals surface area contributed by atoms with Gasteiger partial charge in [-0.2, -0.15) is 0 Å². The second-order valence-corrected chi connectivity index (χ2v) is 2.94. The molecule has 0 saturated heterocycles. The third-order valence-corrected chi connectivity index (χ3v) is 1.71. The second-order valence-electron chi connectivity index (χ2n) is 2.94. The van der Waals surface area contributed by atoms with Gasteiger partial charge in [0.2, 0.25) is 5.91 Å². The van der Waals surface area contributed by atoms with Gasteiger partial charge in [-0.15, -0.1) is 0 Å². The molecule has 16 heavy (non-hydrogen) atoms. The first-order valence-electron chi connectivity index (χ1n) is 4.61. The molecule has 1 amide bonds. The van der Waals surface area contributed by atoms with Crippen molar-refractivity contribution in [2.75, 3.05) is 13.1 Å². The summed E-state index contributed by atoms with van der Waals surface area (Å²) in [6, 6.07) is 0. The number of nitrogens with one attached hydrogen (secondary N) is 3. The molecule has 0 fully saturated rings. The molecular formula is C9H12N4O3. The molecule has 1 aromatic heterocycles. The Bertz CT molecular complexity index is 500. The highest BCUT2D eigenvalue weighted by Crippen LogP contribution is 1.88. The Kier molecular flexibility index (Phi) is 4.22. The highest BCUT2D eigenvalue weighted by molar-refractivity contribution is 5.91. The van der Waals surface area contributed by atoms with E-state index >= 15 is 0 Å². The predicted molar refractivity (Wildman–Crippen MR) is 58.8 cm³/mol. The Labute approximate surface area is 90.4 Å². The number of amides is 1. The van der Waals surface area contributed by atoms with Crippen LogP contribution < -0.4 is 22.3 Å². The van der Waals surface area contributed by atoms with E-state index in [0.29, 0.717) is 13.1 Å². The van der Waals surface area contributed by atoms with Crippen LogP contribution in [0.4, 0.5) is 0 Å². The highest BCUT2D eigenvalue weighted by Gasteiger charge is 1.97. The lowest BCUT2D eigenvalue weighted by Gasteiger charge is -1.97. The predicted octanol–water partition coefficient (Wildman–Crippen LogP) is -1.85. The number of H-pyrrole nitrogens is 2. The fraction of sp³-hybridized carbons (Fsp3) is 0.222. The van der Waals surface area contributed by atoms with Crippen molar-refractivity contribution < 1.29 is 4.79 Å². The zero-order valence-electron chi connectivity index (χ0n) is 8.45. The Morgan fingerprint density at radius 1 is 1.50 bits per heavy atom. The number of rotatable bonds is 4. The molecular weight excluding hydrogens is 212 g/mol. The van der Waals surface area contributed by atoms with Crippen molar-refractivity contribution in [3.8, 4) is 0 Å². The quantitative estimate of drug-likeness (QED) is 0.448. The SMILES string of the molecule is NCCNC(=O)C=Cc1c[nH]c(=O)[nH]c1=O. The van der Waals surface area contributed by atoms with E-state index in [2.05, 4.69) is 10.3 Å². The van der Waals surface area contributed by atoms with Crippen molar-refractivity contribution in [3.05, 3.63) is 38.7 Å². The van der Waals surface area contributed by atoms with Crippen LogP contribution in [-0.4, -0.2) is 29.0 Å². The van der Waals surface area contributed by atoms with Gasteiger partial charge in [0.25, 0.3) is 5.56 Å². The number of hydrogen-bond donors (Lipinski definition) is 4. The van der Waals surface area contributed by atoms with E-state index in [9.17, 15) is 14.4 Å². The van der Waals surface area contributed by atoms with Crippen LogP contribution in [0.3, 0.4) is 0 Å². The van der Waals surface area contributed by atoms with Crippen LogP contribution in [0.5, 0.6) is 0 Å². The maximum absolute atomic E-state index is 11.2. The molecule has 7 nitrogen and oxygen atoms in total. The van der Waals surface area contributed by atoms with Gasteiger partial charge < -0.3 is 16.0 Å². The molecule has 0 aliphatic carbocycles. The Morgan fingerprint density at radius 2 is 2.25 bits per heavy atom. The summed E-state index contributed by atoms with van der Waals surface area (Å²) < 4.78 is 0. The first-order valence-corrected chi connectivity index (χ1v) is 4.61. The molecule has 1 aromatic rings. The first kappa shape index (κ1) is 11.9. The van der Waals surface area contributed by atoms with Crippen molar-refractivity contribution in [1.29, 1.82) is 0 Å². The van der Waals surface area contributed by atoms with Gasteiger partial charge >= 0.3 is 5.69 Å². The van der Waals surface area contributed by atoms with E-state index in [1.165, 1.54) is 18.3 Å². The number of hydrogen-bond acceptors (Lipinski definition) is 4. The van der Waals surface area contributed by atoms with Gasteiger partial charge in [0, 0.05) is 25.4 Å². The normalized spacial score (nSPS) is 10.6. The molecule has 0 radical (unpaired) electrons. The van der Waals surface area contributed by atoms with Crippen LogP contribution in [0.1, 0.15) is 5.56 Å². The number of nitrogens with two attached hydrogens (primary N) is 1. The number of aromatic amines is 2. The van der Waals surface area contributed by atoms with E-state index in [4.69, 9.17) is 5.73 Å². The smallest absolute Gasteiger partial charge is 0.325 e. The maximum atomic E-state index is 11.2. The van der Waals surface area contributed by atoms with Gasteiger partial charge in [-0.3, -0.25) is 14.6 Å². The molecule has 0 saturated carbocycles. The summed E-state index contributed by atoms with van der Waals surface area (Å²) in [7, 11) is 0. The van der Waals surface area contributed by atoms with Crippen LogP contribution in [0, 0.1) is 0 Å². The molecule has 7 heteroatoms. The fourth-order valence-corrected chi connectivity index (χ4v) is 0.964. The zero-order valence-corrected chi connectivity index (χ0v) is 8.45. The molecule has 0 aromatic carbocycles. The Morgan fingerprint density at radius 3 is 2.88 bits per heavy atom. The van der Waals surface area contributed by atoms with Gasteiger partial charge in [0.05, 0.1) is 5.56 Å². The largest absolute Gasteiger partial charge is 0.351 e. The van der Waals surface area contributed by atoms with E-state index < -0.39 is 11.2 Å². The fourth-order valence-electron chi connectivity index (χ4n) is 0.964. The lowest BCUT2D eigenvalue weighted by atomic mass is 10.3. The van der Waals surface area contributed by atoms with Gasteiger partial charge in [0.15, 0.2) is 0 Å². The molecule has 0 spiro atoms. The summed E-state index contributed by atoms with van der Waals surface area (Å²) >= 11 is 0. The van der Waals surface area contributed by atoms with Gasteiger partial charge in [-0.1, -0.05) is 0 Å². The average molecular weight is 224 g/mol. The van der Waals surface area contributed by atoms with Crippen LogP contribution >= 0.6 is 0 Å². The van der Waals surface area contributed by atoms with Crippen molar-refractivity contribution in [1.82, 2.24) is 15.3 Å². The van der Waals surface area contributed by atoms with E-state index in [1.54, 1.807) is 0 Å². The minimum atomic E-state index is -0.588. The number of aromatic nitrogens is 2. The minimum absolute atomic E-state index is 0.197. The van der Waals surface area contributed by atoms with Crippen molar-refractivity contribution in [2.24, 2.45) is 5.73 Å². The van der Waals surface area contributed by atoms with Crippen LogP contribution in [-0.2, 0) is 4.79 Å². The van der Waals surface area contributed by atoms with Gasteiger partial charge in [0.1, 0.15) is 0 Å². The average Bonchev–Trinajstić information content (AvgIpc) is 2.25. The molecule has 5 N–H and O–H groups in total. The van der Waals surface area contributed by atoms with E-state index in [1.807, 2.05) is 4.98 Å². The van der Waals surface area contributed by atoms with Crippen molar-refractivity contribution in [2.45, 2.75) is 0 Å². The lowest BCUT2D eigenvalue weighted by Crippen LogP contribution is -2.27. The summed E-state index contributed by atoms with van der Waals surface area (Å²) in [5.74, 6) is -0.351.